The number of carbonyl (C=O) groups is 1. The smallest absolute Gasteiger partial charge is 0.276 e. The molecule has 0 spiro atoms. The third kappa shape index (κ3) is 3.51. The van der Waals surface area contributed by atoms with Gasteiger partial charge in [0.05, 0.1) is 12.2 Å². The summed E-state index contributed by atoms with van der Waals surface area (Å²) in [6.07, 6.45) is 4.92. The maximum absolute atomic E-state index is 12.9. The molecule has 6 heteroatoms. The van der Waals surface area contributed by atoms with E-state index in [1.54, 1.807) is 0 Å². The zero-order chi connectivity index (χ0) is 17.9. The third-order valence-corrected chi connectivity index (χ3v) is 5.83. The summed E-state index contributed by atoms with van der Waals surface area (Å²) >= 11 is 0. The predicted molar refractivity (Wildman–Crippen MR) is 100 cm³/mol. The number of amides is 1. The number of hydrogen-bond donors (Lipinski definition) is 1. The first-order chi connectivity index (χ1) is 12.7. The number of carbonyl (C=O) groups excluding carboxylic acids is 1. The Morgan fingerprint density at radius 1 is 1.15 bits per heavy atom. The molecule has 2 saturated heterocycles. The number of nitrogens with zero attached hydrogens (tertiary/aromatic N) is 4. The van der Waals surface area contributed by atoms with Crippen molar-refractivity contribution in [2.45, 2.75) is 38.1 Å². The van der Waals surface area contributed by atoms with Crippen LogP contribution < -0.4 is 5.32 Å². The highest BCUT2D eigenvalue weighted by Crippen LogP contribution is 2.33. The van der Waals surface area contributed by atoms with Crippen LogP contribution in [0.15, 0.2) is 36.5 Å². The molecular formula is C20H27N5O. The molecule has 4 rings (SSSR count). The molecule has 1 aromatic carbocycles. The van der Waals surface area contributed by atoms with Crippen molar-refractivity contribution in [2.24, 2.45) is 5.92 Å². The van der Waals surface area contributed by atoms with Crippen LogP contribution in [0.25, 0.3) is 0 Å². The summed E-state index contributed by atoms with van der Waals surface area (Å²) in [6, 6.07) is 11.0. The van der Waals surface area contributed by atoms with Crippen molar-refractivity contribution in [3.63, 3.8) is 0 Å². The molecule has 2 aromatic rings. The second kappa shape index (κ2) is 7.58. The lowest BCUT2D eigenvalue weighted by atomic mass is 9.81. The van der Waals surface area contributed by atoms with Crippen LogP contribution in [0.3, 0.4) is 0 Å². The molecule has 26 heavy (non-hydrogen) atoms. The maximum Gasteiger partial charge on any atom is 0.276 e. The monoisotopic (exact) mass is 353 g/mol. The fourth-order valence-corrected chi connectivity index (χ4v) is 4.31. The molecule has 0 unspecified atom stereocenters. The standard InChI is InChI=1S/C20H27N5O/c1-15-13-24(12-9-18(15)16-5-3-2-4-6-16)20(26)19-14-25(23-22-19)17-7-10-21-11-8-17/h2-6,14-15,17-18,21H,7-13H2,1H3/t15-,18-/m1/s1. The second-order valence-corrected chi connectivity index (χ2v) is 7.60. The Morgan fingerprint density at radius 3 is 2.65 bits per heavy atom. The molecule has 2 fully saturated rings. The van der Waals surface area contributed by atoms with Crippen LogP contribution in [0.2, 0.25) is 0 Å². The molecule has 138 valence electrons. The molecule has 0 bridgehead atoms. The van der Waals surface area contributed by atoms with Crippen molar-refractivity contribution in [1.29, 1.82) is 0 Å². The Morgan fingerprint density at radius 2 is 1.92 bits per heavy atom. The van der Waals surface area contributed by atoms with E-state index in [1.165, 1.54) is 5.56 Å². The highest BCUT2D eigenvalue weighted by atomic mass is 16.2. The largest absolute Gasteiger partial charge is 0.337 e. The van der Waals surface area contributed by atoms with Gasteiger partial charge < -0.3 is 10.2 Å². The molecule has 6 nitrogen and oxygen atoms in total. The topological polar surface area (TPSA) is 63.1 Å². The molecule has 0 aliphatic carbocycles. The summed E-state index contributed by atoms with van der Waals surface area (Å²) in [4.78, 5) is 14.8. The van der Waals surface area contributed by atoms with Crippen molar-refractivity contribution in [3.05, 3.63) is 47.8 Å². The maximum atomic E-state index is 12.9. The Labute approximate surface area is 154 Å². The van der Waals surface area contributed by atoms with Crippen LogP contribution in [0.4, 0.5) is 0 Å². The minimum atomic E-state index is 0.0172. The van der Waals surface area contributed by atoms with Crippen LogP contribution in [0, 0.1) is 5.92 Å². The van der Waals surface area contributed by atoms with Crippen LogP contribution in [0.5, 0.6) is 0 Å². The Hall–Kier alpha value is -2.21. The average Bonchev–Trinajstić information content (AvgIpc) is 3.19. The number of rotatable bonds is 3. The molecule has 0 saturated carbocycles. The Balaban J connectivity index is 1.41. The van der Waals surface area contributed by atoms with E-state index in [2.05, 4.69) is 52.9 Å². The Kier molecular flexibility index (Phi) is 5.02. The summed E-state index contributed by atoms with van der Waals surface area (Å²) in [7, 11) is 0. The highest BCUT2D eigenvalue weighted by molar-refractivity contribution is 5.92. The van der Waals surface area contributed by atoms with Crippen molar-refractivity contribution < 1.29 is 4.79 Å². The quantitative estimate of drug-likeness (QED) is 0.921. The number of benzene rings is 1. The van der Waals surface area contributed by atoms with Crippen LogP contribution in [0.1, 0.15) is 54.2 Å². The number of hydrogen-bond acceptors (Lipinski definition) is 4. The normalized spacial score (nSPS) is 24.6. The molecule has 1 N–H and O–H groups in total. The SMILES string of the molecule is C[C@@H]1CN(C(=O)c2cn(C3CCNCC3)nn2)CC[C@H]1c1ccccc1. The highest BCUT2D eigenvalue weighted by Gasteiger charge is 2.31. The third-order valence-electron chi connectivity index (χ3n) is 5.83. The van der Waals surface area contributed by atoms with E-state index in [0.717, 1.165) is 45.4 Å². The van der Waals surface area contributed by atoms with E-state index in [0.29, 0.717) is 23.6 Å². The lowest BCUT2D eigenvalue weighted by Gasteiger charge is -2.36. The van der Waals surface area contributed by atoms with Gasteiger partial charge in [0.25, 0.3) is 5.91 Å². The van der Waals surface area contributed by atoms with Gasteiger partial charge in [-0.1, -0.05) is 42.5 Å². The number of piperidine rings is 2. The van der Waals surface area contributed by atoms with Crippen LogP contribution >= 0.6 is 0 Å². The summed E-state index contributed by atoms with van der Waals surface area (Å²) in [6.45, 7) is 5.79. The van der Waals surface area contributed by atoms with Gasteiger partial charge in [-0.25, -0.2) is 4.68 Å². The molecule has 2 aliphatic rings. The van der Waals surface area contributed by atoms with Crippen LogP contribution in [-0.2, 0) is 0 Å². The van der Waals surface area contributed by atoms with Gasteiger partial charge in [0.15, 0.2) is 5.69 Å². The molecule has 0 radical (unpaired) electrons. The van der Waals surface area contributed by atoms with Gasteiger partial charge in [0.1, 0.15) is 0 Å². The summed E-state index contributed by atoms with van der Waals surface area (Å²) in [5.74, 6) is 0.976. The summed E-state index contributed by atoms with van der Waals surface area (Å²) in [5.41, 5.74) is 1.86. The van der Waals surface area contributed by atoms with Gasteiger partial charge in [-0.2, -0.15) is 0 Å². The molecule has 1 amide bonds. The average molecular weight is 353 g/mol. The lowest BCUT2D eigenvalue weighted by Crippen LogP contribution is -2.42. The van der Waals surface area contributed by atoms with Gasteiger partial charge in [0.2, 0.25) is 0 Å². The van der Waals surface area contributed by atoms with Gasteiger partial charge in [0, 0.05) is 13.1 Å². The van der Waals surface area contributed by atoms with Gasteiger partial charge >= 0.3 is 0 Å². The molecule has 2 atom stereocenters. The minimum Gasteiger partial charge on any atom is -0.337 e. The van der Waals surface area contributed by atoms with E-state index >= 15 is 0 Å². The van der Waals surface area contributed by atoms with Gasteiger partial charge in [-0.3, -0.25) is 4.79 Å². The zero-order valence-electron chi connectivity index (χ0n) is 15.3. The van der Waals surface area contributed by atoms with Crippen LogP contribution in [-0.4, -0.2) is 52.0 Å². The van der Waals surface area contributed by atoms with Crippen molar-refractivity contribution >= 4 is 5.91 Å². The fourth-order valence-electron chi connectivity index (χ4n) is 4.31. The summed E-state index contributed by atoms with van der Waals surface area (Å²) in [5, 5.41) is 11.8. The number of aromatic nitrogens is 3. The molecular weight excluding hydrogens is 326 g/mol. The van der Waals surface area contributed by atoms with E-state index in [1.807, 2.05) is 15.8 Å². The fraction of sp³-hybridized carbons (Fsp3) is 0.550. The lowest BCUT2D eigenvalue weighted by molar-refractivity contribution is 0.0654. The van der Waals surface area contributed by atoms with E-state index in [4.69, 9.17) is 0 Å². The predicted octanol–water partition coefficient (Wildman–Crippen LogP) is 2.47. The van der Waals surface area contributed by atoms with Gasteiger partial charge in [-0.15, -0.1) is 5.10 Å². The van der Waals surface area contributed by atoms with E-state index < -0.39 is 0 Å². The first-order valence-electron chi connectivity index (χ1n) is 9.69. The van der Waals surface area contributed by atoms with Crippen molar-refractivity contribution in [1.82, 2.24) is 25.2 Å². The first-order valence-corrected chi connectivity index (χ1v) is 9.69. The van der Waals surface area contributed by atoms with E-state index in [9.17, 15) is 4.79 Å². The van der Waals surface area contributed by atoms with Crippen molar-refractivity contribution in [3.8, 4) is 0 Å². The first kappa shape index (κ1) is 17.2. The Bertz CT molecular complexity index is 738. The number of likely N-dealkylation sites (tertiary alicyclic amines) is 1. The number of nitrogens with one attached hydrogen (secondary N) is 1. The molecule has 3 heterocycles. The second-order valence-electron chi connectivity index (χ2n) is 7.60. The summed E-state index contributed by atoms with van der Waals surface area (Å²) < 4.78 is 1.88. The van der Waals surface area contributed by atoms with Gasteiger partial charge in [-0.05, 0) is 49.8 Å². The minimum absolute atomic E-state index is 0.0172. The zero-order valence-corrected chi connectivity index (χ0v) is 15.3. The van der Waals surface area contributed by atoms with E-state index in [-0.39, 0.29) is 5.91 Å². The molecule has 2 aliphatic heterocycles. The van der Waals surface area contributed by atoms with Crippen molar-refractivity contribution in [2.75, 3.05) is 26.2 Å². The molecule has 1 aromatic heterocycles.